The minimum absolute atomic E-state index is 0.744. The summed E-state index contributed by atoms with van der Waals surface area (Å²) in [6.45, 7) is 0. The minimum atomic E-state index is 0.744. The summed E-state index contributed by atoms with van der Waals surface area (Å²) in [5.74, 6) is 6.11. The third kappa shape index (κ3) is 2.23. The Balaban J connectivity index is 1.80. The van der Waals surface area contributed by atoms with Gasteiger partial charge in [0.15, 0.2) is 5.65 Å². The molecule has 3 aromatic heterocycles. The zero-order chi connectivity index (χ0) is 14.8. The van der Waals surface area contributed by atoms with E-state index in [2.05, 4.69) is 32.1 Å². The molecule has 5 nitrogen and oxygen atoms in total. The third-order valence-electron chi connectivity index (χ3n) is 3.26. The fraction of sp³-hybridized carbons (Fsp3) is 0. The predicted molar refractivity (Wildman–Crippen MR) is 83.0 cm³/mol. The van der Waals surface area contributed by atoms with Crippen molar-refractivity contribution in [2.45, 2.75) is 0 Å². The van der Waals surface area contributed by atoms with Crippen molar-refractivity contribution in [1.29, 1.82) is 0 Å². The minimum Gasteiger partial charge on any atom is -0.284 e. The molecule has 1 aromatic carbocycles. The fourth-order valence-corrected chi connectivity index (χ4v) is 2.18. The highest BCUT2D eigenvalue weighted by molar-refractivity contribution is 5.60. The van der Waals surface area contributed by atoms with Crippen LogP contribution in [0.25, 0.3) is 16.9 Å². The second-order valence-electron chi connectivity index (χ2n) is 4.74. The van der Waals surface area contributed by atoms with Crippen LogP contribution in [0.5, 0.6) is 0 Å². The SMILES string of the molecule is C(#Cc1cnc2ccc(-c3ccccc3)nn12)c1cn[nH]c1. The van der Waals surface area contributed by atoms with Crippen LogP contribution < -0.4 is 0 Å². The first-order valence-corrected chi connectivity index (χ1v) is 6.81. The van der Waals surface area contributed by atoms with Crippen molar-refractivity contribution in [1.82, 2.24) is 24.8 Å². The second kappa shape index (κ2) is 5.19. The predicted octanol–water partition coefficient (Wildman–Crippen LogP) is 2.52. The maximum atomic E-state index is 4.63. The van der Waals surface area contributed by atoms with E-state index in [1.54, 1.807) is 23.1 Å². The highest BCUT2D eigenvalue weighted by Crippen LogP contribution is 2.17. The van der Waals surface area contributed by atoms with Gasteiger partial charge >= 0.3 is 0 Å². The number of aromatic amines is 1. The van der Waals surface area contributed by atoms with Crippen molar-refractivity contribution in [2.24, 2.45) is 0 Å². The lowest BCUT2D eigenvalue weighted by atomic mass is 10.1. The van der Waals surface area contributed by atoms with Crippen molar-refractivity contribution < 1.29 is 0 Å². The maximum absolute atomic E-state index is 4.63. The Morgan fingerprint density at radius 2 is 1.86 bits per heavy atom. The first-order valence-electron chi connectivity index (χ1n) is 6.81. The van der Waals surface area contributed by atoms with Crippen LogP contribution in [0.1, 0.15) is 11.3 Å². The first kappa shape index (κ1) is 12.4. The summed E-state index contributed by atoms with van der Waals surface area (Å²) in [6, 6.07) is 13.9. The average molecular weight is 285 g/mol. The summed E-state index contributed by atoms with van der Waals surface area (Å²) in [5, 5.41) is 11.2. The molecule has 104 valence electrons. The van der Waals surface area contributed by atoms with Crippen molar-refractivity contribution >= 4 is 5.65 Å². The van der Waals surface area contributed by atoms with E-state index in [0.29, 0.717) is 0 Å². The number of aromatic nitrogens is 5. The Hall–Kier alpha value is -3.39. The van der Waals surface area contributed by atoms with Crippen LogP contribution in [0.3, 0.4) is 0 Å². The molecule has 0 aliphatic carbocycles. The van der Waals surface area contributed by atoms with Crippen LogP contribution in [0, 0.1) is 11.8 Å². The van der Waals surface area contributed by atoms with Gasteiger partial charge in [0.25, 0.3) is 0 Å². The van der Waals surface area contributed by atoms with Gasteiger partial charge in [-0.1, -0.05) is 36.3 Å². The van der Waals surface area contributed by atoms with Crippen LogP contribution in [0.2, 0.25) is 0 Å². The van der Waals surface area contributed by atoms with Crippen molar-refractivity contribution in [3.05, 3.63) is 72.3 Å². The van der Waals surface area contributed by atoms with Crippen LogP contribution in [0.15, 0.2) is 61.1 Å². The van der Waals surface area contributed by atoms with Gasteiger partial charge in [0, 0.05) is 11.8 Å². The van der Waals surface area contributed by atoms with Gasteiger partial charge in [0.1, 0.15) is 5.69 Å². The Morgan fingerprint density at radius 3 is 2.68 bits per heavy atom. The quantitative estimate of drug-likeness (QED) is 0.547. The van der Waals surface area contributed by atoms with Gasteiger partial charge in [0.2, 0.25) is 0 Å². The number of H-pyrrole nitrogens is 1. The monoisotopic (exact) mass is 285 g/mol. The van der Waals surface area contributed by atoms with E-state index in [1.165, 1.54) is 0 Å². The number of imidazole rings is 1. The molecule has 5 heteroatoms. The smallest absolute Gasteiger partial charge is 0.154 e. The highest BCUT2D eigenvalue weighted by Gasteiger charge is 2.05. The molecule has 0 unspecified atom stereocenters. The summed E-state index contributed by atoms with van der Waals surface area (Å²) in [5.41, 5.74) is 4.30. The Labute approximate surface area is 126 Å². The molecular formula is C17H11N5. The molecule has 0 spiro atoms. The third-order valence-corrected chi connectivity index (χ3v) is 3.26. The second-order valence-corrected chi connectivity index (χ2v) is 4.74. The molecule has 0 bridgehead atoms. The molecule has 0 aliphatic heterocycles. The van der Waals surface area contributed by atoms with Gasteiger partial charge in [0.05, 0.1) is 23.7 Å². The number of nitrogens with zero attached hydrogens (tertiary/aromatic N) is 4. The van der Waals surface area contributed by atoms with E-state index >= 15 is 0 Å². The zero-order valence-corrected chi connectivity index (χ0v) is 11.6. The topological polar surface area (TPSA) is 58.9 Å². The Kier molecular flexibility index (Phi) is 2.91. The fourth-order valence-electron chi connectivity index (χ4n) is 2.18. The normalized spacial score (nSPS) is 10.4. The van der Waals surface area contributed by atoms with Gasteiger partial charge in [-0.15, -0.1) is 0 Å². The van der Waals surface area contributed by atoms with Crippen molar-refractivity contribution in [3.8, 4) is 23.1 Å². The molecule has 0 radical (unpaired) electrons. The zero-order valence-electron chi connectivity index (χ0n) is 11.6. The largest absolute Gasteiger partial charge is 0.284 e. The van der Waals surface area contributed by atoms with Crippen LogP contribution in [-0.2, 0) is 0 Å². The number of rotatable bonds is 1. The first-order chi connectivity index (χ1) is 10.9. The van der Waals surface area contributed by atoms with E-state index in [1.807, 2.05) is 42.5 Å². The molecule has 0 aliphatic rings. The lowest BCUT2D eigenvalue weighted by molar-refractivity contribution is 0.930. The maximum Gasteiger partial charge on any atom is 0.154 e. The van der Waals surface area contributed by atoms with Crippen molar-refractivity contribution in [2.75, 3.05) is 0 Å². The molecule has 0 fully saturated rings. The number of hydrogen-bond acceptors (Lipinski definition) is 3. The summed E-state index contributed by atoms with van der Waals surface area (Å²) in [6.07, 6.45) is 5.16. The number of hydrogen-bond donors (Lipinski definition) is 1. The molecule has 0 amide bonds. The van der Waals surface area contributed by atoms with E-state index in [0.717, 1.165) is 28.2 Å². The van der Waals surface area contributed by atoms with E-state index in [-0.39, 0.29) is 0 Å². The highest BCUT2D eigenvalue weighted by atomic mass is 15.3. The van der Waals surface area contributed by atoms with Crippen LogP contribution in [-0.4, -0.2) is 24.8 Å². The molecular weight excluding hydrogens is 274 g/mol. The van der Waals surface area contributed by atoms with E-state index in [9.17, 15) is 0 Å². The summed E-state index contributed by atoms with van der Waals surface area (Å²) < 4.78 is 1.76. The van der Waals surface area contributed by atoms with E-state index in [4.69, 9.17) is 0 Å². The van der Waals surface area contributed by atoms with Gasteiger partial charge in [-0.3, -0.25) is 5.10 Å². The number of benzene rings is 1. The molecule has 3 heterocycles. The standard InChI is InChI=1S/C17H11N5/c1-2-4-14(5-3-1)16-8-9-17-18-12-15(22(17)21-16)7-6-13-10-19-20-11-13/h1-5,8-12H,(H,19,20). The summed E-state index contributed by atoms with van der Waals surface area (Å²) >= 11 is 0. The summed E-state index contributed by atoms with van der Waals surface area (Å²) in [4.78, 5) is 4.33. The summed E-state index contributed by atoms with van der Waals surface area (Å²) in [7, 11) is 0. The molecule has 0 saturated heterocycles. The van der Waals surface area contributed by atoms with Crippen LogP contribution in [0.4, 0.5) is 0 Å². The molecule has 1 N–H and O–H groups in total. The van der Waals surface area contributed by atoms with Gasteiger partial charge < -0.3 is 0 Å². The lowest BCUT2D eigenvalue weighted by Crippen LogP contribution is -1.96. The molecule has 22 heavy (non-hydrogen) atoms. The molecule has 4 aromatic rings. The Morgan fingerprint density at radius 1 is 0.955 bits per heavy atom. The van der Waals surface area contributed by atoms with Crippen molar-refractivity contribution in [3.63, 3.8) is 0 Å². The number of nitrogens with one attached hydrogen (secondary N) is 1. The molecule has 4 rings (SSSR count). The van der Waals surface area contributed by atoms with E-state index < -0.39 is 0 Å². The van der Waals surface area contributed by atoms with Gasteiger partial charge in [-0.2, -0.15) is 10.2 Å². The Bertz CT molecular complexity index is 972. The average Bonchev–Trinajstić information content (AvgIpc) is 3.23. The van der Waals surface area contributed by atoms with Gasteiger partial charge in [-0.25, -0.2) is 9.50 Å². The molecule has 0 saturated carbocycles. The molecule has 0 atom stereocenters. The van der Waals surface area contributed by atoms with Gasteiger partial charge in [-0.05, 0) is 18.1 Å². The lowest BCUT2D eigenvalue weighted by Gasteiger charge is -2.01. The van der Waals surface area contributed by atoms with Crippen LogP contribution >= 0.6 is 0 Å². The number of fused-ring (bicyclic) bond motifs is 1.